The van der Waals surface area contributed by atoms with Crippen LogP contribution in [0.4, 0.5) is 0 Å². The molecular weight excluding hydrogens is 312 g/mol. The second-order valence-electron chi connectivity index (χ2n) is 7.48. The number of hydrogen-bond donors (Lipinski definition) is 0. The van der Waals surface area contributed by atoms with Crippen LogP contribution in [0.5, 0.6) is 0 Å². The van der Waals surface area contributed by atoms with E-state index in [4.69, 9.17) is 4.52 Å². The topological polar surface area (TPSA) is 45.4 Å². The van der Waals surface area contributed by atoms with Crippen molar-refractivity contribution in [2.24, 2.45) is 5.92 Å². The summed E-state index contributed by atoms with van der Waals surface area (Å²) in [5, 5.41) is 4.13. The fourth-order valence-electron chi connectivity index (χ4n) is 4.26. The van der Waals surface area contributed by atoms with Crippen LogP contribution in [0.15, 0.2) is 34.9 Å². The molecule has 0 N–H and O–H groups in total. The highest BCUT2D eigenvalue weighted by Crippen LogP contribution is 2.27. The molecule has 2 fully saturated rings. The lowest BCUT2D eigenvalue weighted by Gasteiger charge is -2.37. The van der Waals surface area contributed by atoms with E-state index in [9.17, 15) is 0 Å². The molecule has 25 heavy (non-hydrogen) atoms. The van der Waals surface area contributed by atoms with E-state index in [1.54, 1.807) is 0 Å². The van der Waals surface area contributed by atoms with Gasteiger partial charge < -0.3 is 9.42 Å². The number of benzene rings is 1. The van der Waals surface area contributed by atoms with E-state index >= 15 is 0 Å². The quantitative estimate of drug-likeness (QED) is 0.834. The van der Waals surface area contributed by atoms with Gasteiger partial charge in [0, 0.05) is 11.6 Å². The average molecular weight is 340 g/mol. The molecule has 0 unspecified atom stereocenters. The Labute approximate surface area is 150 Å². The van der Waals surface area contributed by atoms with E-state index in [0.29, 0.717) is 5.82 Å². The zero-order valence-electron chi connectivity index (χ0n) is 15.1. The highest BCUT2D eigenvalue weighted by Gasteiger charge is 2.29. The molecule has 1 aromatic heterocycles. The average Bonchev–Trinajstić information content (AvgIpc) is 3.35. The summed E-state index contributed by atoms with van der Waals surface area (Å²) in [6.07, 6.45) is 5.31. The van der Waals surface area contributed by atoms with E-state index in [1.807, 2.05) is 30.3 Å². The number of aromatic nitrogens is 2. The van der Waals surface area contributed by atoms with Gasteiger partial charge in [-0.1, -0.05) is 35.5 Å². The monoisotopic (exact) mass is 340 g/mol. The molecule has 1 atom stereocenters. The molecule has 134 valence electrons. The predicted molar refractivity (Wildman–Crippen MR) is 98.0 cm³/mol. The van der Waals surface area contributed by atoms with Crippen molar-refractivity contribution in [1.29, 1.82) is 0 Å². The van der Waals surface area contributed by atoms with Crippen LogP contribution in [0.2, 0.25) is 0 Å². The molecule has 0 saturated carbocycles. The zero-order chi connectivity index (χ0) is 17.1. The van der Waals surface area contributed by atoms with Gasteiger partial charge in [-0.3, -0.25) is 4.90 Å². The van der Waals surface area contributed by atoms with Crippen molar-refractivity contribution < 1.29 is 4.52 Å². The van der Waals surface area contributed by atoms with Gasteiger partial charge in [0.1, 0.15) is 0 Å². The van der Waals surface area contributed by atoms with Crippen molar-refractivity contribution in [3.63, 3.8) is 0 Å². The van der Waals surface area contributed by atoms with Gasteiger partial charge in [-0.05, 0) is 64.7 Å². The van der Waals surface area contributed by atoms with Gasteiger partial charge in [-0.2, -0.15) is 4.98 Å². The molecule has 1 aromatic carbocycles. The van der Waals surface area contributed by atoms with Crippen molar-refractivity contribution in [2.45, 2.75) is 45.2 Å². The minimum atomic E-state index is 0.688. The summed E-state index contributed by atoms with van der Waals surface area (Å²) < 4.78 is 5.47. The second kappa shape index (κ2) is 7.67. The Balaban J connectivity index is 1.29. The number of nitrogens with zero attached hydrogens (tertiary/aromatic N) is 4. The lowest BCUT2D eigenvalue weighted by atomic mass is 9.89. The fourth-order valence-corrected chi connectivity index (χ4v) is 4.26. The molecule has 5 heteroatoms. The Hall–Kier alpha value is -1.72. The maximum Gasteiger partial charge on any atom is 0.241 e. The Kier molecular flexibility index (Phi) is 5.13. The van der Waals surface area contributed by atoms with Crippen LogP contribution in [0.1, 0.15) is 38.5 Å². The number of hydrogen-bond acceptors (Lipinski definition) is 5. The van der Waals surface area contributed by atoms with Crippen LogP contribution in [-0.2, 0) is 6.54 Å². The normalized spacial score (nSPS) is 21.6. The summed E-state index contributed by atoms with van der Waals surface area (Å²) in [6, 6.07) is 10.8. The van der Waals surface area contributed by atoms with Crippen molar-refractivity contribution in [3.8, 4) is 11.4 Å². The maximum atomic E-state index is 5.47. The van der Waals surface area contributed by atoms with Gasteiger partial charge >= 0.3 is 0 Å². The summed E-state index contributed by atoms with van der Waals surface area (Å²) in [4.78, 5) is 9.70. The smallest absolute Gasteiger partial charge is 0.241 e. The highest BCUT2D eigenvalue weighted by atomic mass is 16.5. The minimum Gasteiger partial charge on any atom is -0.338 e. The van der Waals surface area contributed by atoms with Gasteiger partial charge in [-0.15, -0.1) is 0 Å². The Bertz CT molecular complexity index is 657. The first-order valence-electron chi connectivity index (χ1n) is 9.64. The molecule has 0 aliphatic carbocycles. The highest BCUT2D eigenvalue weighted by molar-refractivity contribution is 5.53. The number of likely N-dealkylation sites (tertiary alicyclic amines) is 2. The Morgan fingerprint density at radius 3 is 2.52 bits per heavy atom. The van der Waals surface area contributed by atoms with Crippen LogP contribution >= 0.6 is 0 Å². The Morgan fingerprint density at radius 2 is 1.80 bits per heavy atom. The number of piperidine rings is 1. The van der Waals surface area contributed by atoms with Crippen molar-refractivity contribution in [2.75, 3.05) is 26.2 Å². The number of rotatable bonds is 5. The standard InChI is InChI=1S/C20H28N4O/c1-16(24-11-5-6-12-24)17-9-13-23(14-10-17)15-19-21-20(22-25-19)18-7-3-2-4-8-18/h2-4,7-8,16-17H,5-6,9-15H2,1H3/t16-/m1/s1. The summed E-state index contributed by atoms with van der Waals surface area (Å²) >= 11 is 0. The molecule has 3 heterocycles. The second-order valence-corrected chi connectivity index (χ2v) is 7.48. The first kappa shape index (κ1) is 16.7. The van der Waals surface area contributed by atoms with E-state index in [0.717, 1.165) is 43.0 Å². The van der Waals surface area contributed by atoms with Crippen molar-refractivity contribution in [3.05, 3.63) is 36.2 Å². The first-order chi connectivity index (χ1) is 12.3. The molecule has 0 radical (unpaired) electrons. The predicted octanol–water partition coefficient (Wildman–Crippen LogP) is 3.43. The van der Waals surface area contributed by atoms with E-state index in [2.05, 4.69) is 26.9 Å². The van der Waals surface area contributed by atoms with Crippen LogP contribution in [0.3, 0.4) is 0 Å². The largest absolute Gasteiger partial charge is 0.338 e. The summed E-state index contributed by atoms with van der Waals surface area (Å²) in [7, 11) is 0. The van der Waals surface area contributed by atoms with Crippen LogP contribution < -0.4 is 0 Å². The molecule has 2 saturated heterocycles. The first-order valence-corrected chi connectivity index (χ1v) is 9.64. The third-order valence-corrected chi connectivity index (χ3v) is 5.89. The SMILES string of the molecule is C[C@H](C1CCN(Cc2nc(-c3ccccc3)no2)CC1)N1CCCC1. The van der Waals surface area contributed by atoms with E-state index in [1.165, 1.54) is 38.8 Å². The van der Waals surface area contributed by atoms with Gasteiger partial charge in [0.2, 0.25) is 11.7 Å². The lowest BCUT2D eigenvalue weighted by Crippen LogP contribution is -2.42. The van der Waals surface area contributed by atoms with Gasteiger partial charge in [0.15, 0.2) is 0 Å². The van der Waals surface area contributed by atoms with Crippen LogP contribution in [0.25, 0.3) is 11.4 Å². The summed E-state index contributed by atoms with van der Waals surface area (Å²) in [5.74, 6) is 2.25. The summed E-state index contributed by atoms with van der Waals surface area (Å²) in [5.41, 5.74) is 1.01. The zero-order valence-corrected chi connectivity index (χ0v) is 15.1. The van der Waals surface area contributed by atoms with Crippen LogP contribution in [0, 0.1) is 5.92 Å². The van der Waals surface area contributed by atoms with Gasteiger partial charge in [0.05, 0.1) is 6.54 Å². The van der Waals surface area contributed by atoms with Crippen molar-refractivity contribution in [1.82, 2.24) is 19.9 Å². The lowest BCUT2D eigenvalue weighted by molar-refractivity contribution is 0.101. The molecule has 0 spiro atoms. The van der Waals surface area contributed by atoms with Gasteiger partial charge in [0.25, 0.3) is 0 Å². The molecular formula is C20H28N4O. The maximum absolute atomic E-state index is 5.47. The molecule has 2 aromatic rings. The fraction of sp³-hybridized carbons (Fsp3) is 0.600. The molecule has 4 rings (SSSR count). The summed E-state index contributed by atoms with van der Waals surface area (Å²) in [6.45, 7) is 8.05. The van der Waals surface area contributed by atoms with E-state index in [-0.39, 0.29) is 0 Å². The van der Waals surface area contributed by atoms with E-state index < -0.39 is 0 Å². The molecule has 0 bridgehead atoms. The molecule has 2 aliphatic rings. The van der Waals surface area contributed by atoms with Crippen molar-refractivity contribution >= 4 is 0 Å². The Morgan fingerprint density at radius 1 is 1.08 bits per heavy atom. The van der Waals surface area contributed by atoms with Gasteiger partial charge in [-0.25, -0.2) is 0 Å². The molecule has 0 amide bonds. The minimum absolute atomic E-state index is 0.688. The third kappa shape index (κ3) is 3.93. The molecule has 5 nitrogen and oxygen atoms in total. The van der Waals surface area contributed by atoms with Crippen LogP contribution in [-0.4, -0.2) is 52.2 Å². The third-order valence-electron chi connectivity index (χ3n) is 5.89. The molecule has 2 aliphatic heterocycles.